The van der Waals surface area contributed by atoms with Crippen LogP contribution < -0.4 is 16.2 Å². The molecule has 2 N–H and O–H groups in total. The Morgan fingerprint density at radius 1 is 1.02 bits per heavy atom. The van der Waals surface area contributed by atoms with Crippen LogP contribution in [-0.2, 0) is 21.5 Å². The molecule has 43 heavy (non-hydrogen) atoms. The molecule has 1 aromatic carbocycles. The molecule has 0 saturated carbocycles. The Hall–Kier alpha value is -5.20. The molecule has 4 rings (SSSR count). The zero-order valence-corrected chi connectivity index (χ0v) is 24.7. The predicted octanol–water partition coefficient (Wildman–Crippen LogP) is 3.52. The molecule has 0 aliphatic heterocycles. The molecule has 0 spiro atoms. The van der Waals surface area contributed by atoms with Crippen LogP contribution in [0.5, 0.6) is 0 Å². The topological polar surface area (TPSA) is 171 Å². The lowest BCUT2D eigenvalue weighted by Crippen LogP contribution is -2.46. The Labute approximate surface area is 247 Å². The van der Waals surface area contributed by atoms with Gasteiger partial charge in [-0.05, 0) is 38.3 Å². The molecular weight excluding hydrogens is 554 g/mol. The second kappa shape index (κ2) is 12.8. The number of carbonyl (C=O) groups excluding carboxylic acids is 3. The Kier molecular flexibility index (Phi) is 9.12. The van der Waals surface area contributed by atoms with Crippen LogP contribution in [0.15, 0.2) is 64.1 Å². The van der Waals surface area contributed by atoms with Crippen molar-refractivity contribution in [2.24, 2.45) is 5.92 Å². The van der Waals surface area contributed by atoms with E-state index in [4.69, 9.17) is 4.42 Å². The van der Waals surface area contributed by atoms with Crippen molar-refractivity contribution >= 4 is 23.5 Å². The summed E-state index contributed by atoms with van der Waals surface area (Å²) in [5.41, 5.74) is 0.609. The maximum Gasteiger partial charge on any atom is 0.411 e. The zero-order chi connectivity index (χ0) is 31.3. The number of aromatic nitrogens is 5. The lowest BCUT2D eigenvalue weighted by molar-refractivity contribution is -0.122. The molecule has 224 valence electrons. The van der Waals surface area contributed by atoms with E-state index in [1.165, 1.54) is 6.20 Å². The highest BCUT2D eigenvalue weighted by Crippen LogP contribution is 2.29. The maximum atomic E-state index is 13.5. The second-order valence-corrected chi connectivity index (χ2v) is 10.8. The smallest absolute Gasteiger partial charge is 0.411 e. The molecular formula is C30H33N7O6. The predicted molar refractivity (Wildman–Crippen MR) is 156 cm³/mol. The fourth-order valence-electron chi connectivity index (χ4n) is 4.26. The number of hydrogen-bond donors (Lipinski definition) is 2. The van der Waals surface area contributed by atoms with Gasteiger partial charge in [-0.3, -0.25) is 29.3 Å². The SMILES string of the molecule is COC(=O)Nc1cnc(-c2ccccc2)n(CC(=O)NC(C(=O)c2nnc(C(C)(C)c3ccc(C)cn3)o2)C(C)C)c1=O. The van der Waals surface area contributed by atoms with Crippen molar-refractivity contribution in [3.63, 3.8) is 0 Å². The summed E-state index contributed by atoms with van der Waals surface area (Å²) < 4.78 is 11.5. The van der Waals surface area contributed by atoms with E-state index in [0.29, 0.717) is 11.3 Å². The van der Waals surface area contributed by atoms with Crippen molar-refractivity contribution < 1.29 is 23.5 Å². The number of methoxy groups -OCH3 is 1. The van der Waals surface area contributed by atoms with Crippen molar-refractivity contribution in [3.05, 3.63) is 88.3 Å². The Morgan fingerprint density at radius 2 is 1.74 bits per heavy atom. The number of nitrogens with one attached hydrogen (secondary N) is 2. The number of benzene rings is 1. The molecule has 13 heteroatoms. The highest BCUT2D eigenvalue weighted by atomic mass is 16.5. The van der Waals surface area contributed by atoms with Gasteiger partial charge >= 0.3 is 6.09 Å². The van der Waals surface area contributed by atoms with Crippen molar-refractivity contribution in [2.45, 2.75) is 52.6 Å². The first-order valence-electron chi connectivity index (χ1n) is 13.5. The van der Waals surface area contributed by atoms with Gasteiger partial charge in [-0.2, -0.15) is 0 Å². The van der Waals surface area contributed by atoms with Gasteiger partial charge in [0.25, 0.3) is 11.4 Å². The van der Waals surface area contributed by atoms with Gasteiger partial charge in [-0.1, -0.05) is 50.2 Å². The summed E-state index contributed by atoms with van der Waals surface area (Å²) in [6.45, 7) is 8.65. The van der Waals surface area contributed by atoms with Gasteiger partial charge < -0.3 is 14.5 Å². The highest BCUT2D eigenvalue weighted by molar-refractivity contribution is 5.98. The average Bonchev–Trinajstić information content (AvgIpc) is 3.50. The molecule has 0 aliphatic carbocycles. The van der Waals surface area contributed by atoms with E-state index in [9.17, 15) is 19.2 Å². The van der Waals surface area contributed by atoms with Crippen LogP contribution in [0.2, 0.25) is 0 Å². The van der Waals surface area contributed by atoms with Crippen molar-refractivity contribution in [1.82, 2.24) is 30.0 Å². The van der Waals surface area contributed by atoms with Crippen LogP contribution in [0.3, 0.4) is 0 Å². The van der Waals surface area contributed by atoms with Gasteiger partial charge in [-0.25, -0.2) is 9.78 Å². The maximum absolute atomic E-state index is 13.5. The summed E-state index contributed by atoms with van der Waals surface area (Å²) in [4.78, 5) is 60.7. The summed E-state index contributed by atoms with van der Waals surface area (Å²) in [5, 5.41) is 13.1. The van der Waals surface area contributed by atoms with Gasteiger partial charge in [0.1, 0.15) is 18.1 Å². The number of pyridine rings is 1. The van der Waals surface area contributed by atoms with Crippen LogP contribution in [0.1, 0.15) is 55.5 Å². The molecule has 1 unspecified atom stereocenters. The zero-order valence-electron chi connectivity index (χ0n) is 24.7. The number of rotatable bonds is 10. The van der Waals surface area contributed by atoms with Crippen LogP contribution in [-0.4, -0.2) is 55.7 Å². The minimum Gasteiger partial charge on any atom is -0.453 e. The Morgan fingerprint density at radius 3 is 2.37 bits per heavy atom. The monoisotopic (exact) mass is 587 g/mol. The number of Topliss-reactive ketones (excluding diaryl/α,β-unsaturated/α-hetero) is 1. The van der Waals surface area contributed by atoms with E-state index >= 15 is 0 Å². The van der Waals surface area contributed by atoms with E-state index in [0.717, 1.165) is 17.2 Å². The quantitative estimate of drug-likeness (QED) is 0.262. The second-order valence-electron chi connectivity index (χ2n) is 10.8. The number of nitrogens with zero attached hydrogens (tertiary/aromatic N) is 5. The normalized spacial score (nSPS) is 12.1. The van der Waals surface area contributed by atoms with Crippen LogP contribution in [0, 0.1) is 12.8 Å². The van der Waals surface area contributed by atoms with Gasteiger partial charge in [0.05, 0.1) is 30.5 Å². The van der Waals surface area contributed by atoms with Crippen LogP contribution >= 0.6 is 0 Å². The van der Waals surface area contributed by atoms with E-state index in [2.05, 4.69) is 35.5 Å². The standard InChI is InChI=1S/C30H33N7O6/c1-17(2)23(24(39)26-35-36-28(43-26)30(4,5)21-13-12-18(3)14-31-21)34-22(38)16-37-25(19-10-8-7-9-11-19)32-15-20(27(37)40)33-29(41)42-6/h7-15,17,23H,16H2,1-6H3,(H,33,41)(H,34,38). The molecule has 2 amide bonds. The van der Waals surface area contributed by atoms with Crippen LogP contribution in [0.25, 0.3) is 11.4 Å². The molecule has 4 aromatic rings. The van der Waals surface area contributed by atoms with Gasteiger partial charge in [-0.15, -0.1) is 10.2 Å². The number of anilines is 1. The Bertz CT molecular complexity index is 1680. The van der Waals surface area contributed by atoms with Gasteiger partial charge in [0.2, 0.25) is 17.6 Å². The number of carbonyl (C=O) groups is 3. The van der Waals surface area contributed by atoms with Crippen molar-refractivity contribution in [2.75, 3.05) is 12.4 Å². The molecule has 3 heterocycles. The molecule has 3 aromatic heterocycles. The molecule has 0 bridgehead atoms. The van der Waals surface area contributed by atoms with E-state index in [1.54, 1.807) is 50.4 Å². The number of amides is 2. The summed E-state index contributed by atoms with van der Waals surface area (Å²) in [6, 6.07) is 11.5. The summed E-state index contributed by atoms with van der Waals surface area (Å²) >= 11 is 0. The number of hydrogen-bond acceptors (Lipinski definition) is 10. The Balaban J connectivity index is 1.59. The number of ether oxygens (including phenoxy) is 1. The minimum absolute atomic E-state index is 0.181. The first-order valence-corrected chi connectivity index (χ1v) is 13.5. The summed E-state index contributed by atoms with van der Waals surface area (Å²) in [7, 11) is 1.16. The van der Waals surface area contributed by atoms with Gasteiger partial charge in [0.15, 0.2) is 0 Å². The van der Waals surface area contributed by atoms with E-state index < -0.39 is 41.3 Å². The third-order valence-electron chi connectivity index (χ3n) is 6.79. The van der Waals surface area contributed by atoms with E-state index in [-0.39, 0.29) is 29.2 Å². The highest BCUT2D eigenvalue weighted by Gasteiger charge is 2.35. The molecule has 0 radical (unpaired) electrons. The first kappa shape index (κ1) is 30.8. The molecule has 0 aliphatic rings. The summed E-state index contributed by atoms with van der Waals surface area (Å²) in [5.74, 6) is -1.47. The molecule has 13 nitrogen and oxygen atoms in total. The lowest BCUT2D eigenvalue weighted by Gasteiger charge is -2.21. The first-order chi connectivity index (χ1) is 20.4. The molecule has 0 fully saturated rings. The number of aryl methyl sites for hydroxylation is 1. The third kappa shape index (κ3) is 6.83. The minimum atomic E-state index is -1.04. The lowest BCUT2D eigenvalue weighted by atomic mass is 9.88. The van der Waals surface area contributed by atoms with Gasteiger partial charge in [0, 0.05) is 11.8 Å². The summed E-state index contributed by atoms with van der Waals surface area (Å²) in [6.07, 6.45) is 2.06. The third-order valence-corrected chi connectivity index (χ3v) is 6.79. The van der Waals surface area contributed by atoms with E-state index in [1.807, 2.05) is 32.9 Å². The number of ketones is 1. The molecule has 0 saturated heterocycles. The molecule has 1 atom stereocenters. The largest absolute Gasteiger partial charge is 0.453 e. The fraction of sp³-hybridized carbons (Fsp3) is 0.333. The fourth-order valence-corrected chi connectivity index (χ4v) is 4.26. The van der Waals surface area contributed by atoms with Crippen molar-refractivity contribution in [3.8, 4) is 11.4 Å². The van der Waals surface area contributed by atoms with Crippen LogP contribution in [0.4, 0.5) is 10.5 Å². The average molecular weight is 588 g/mol. The van der Waals surface area contributed by atoms with Crippen molar-refractivity contribution in [1.29, 1.82) is 0 Å².